The number of carbonyl (C=O) groups is 1. The van der Waals surface area contributed by atoms with Gasteiger partial charge in [-0.3, -0.25) is 9.48 Å². The summed E-state index contributed by atoms with van der Waals surface area (Å²) >= 11 is 8.10. The number of fused-ring (bicyclic) bond motifs is 1. The van der Waals surface area contributed by atoms with E-state index in [9.17, 15) is 4.79 Å². The molecular weight excluding hydrogens is 346 g/mol. The minimum absolute atomic E-state index is 0.0280. The monoisotopic (exact) mass is 361 g/mol. The fourth-order valence-corrected chi connectivity index (χ4v) is 4.23. The highest BCUT2D eigenvalue weighted by Gasteiger charge is 2.33. The molecule has 0 fully saturated rings. The number of nitrogens with one attached hydrogen (secondary N) is 1. The smallest absolute Gasteiger partial charge is 0.226 e. The first-order valence-electron chi connectivity index (χ1n) is 7.61. The molecule has 0 saturated carbocycles. The summed E-state index contributed by atoms with van der Waals surface area (Å²) in [5, 5.41) is 14.4. The van der Waals surface area contributed by atoms with E-state index in [1.54, 1.807) is 16.0 Å². The minimum atomic E-state index is -0.118. The number of carbonyl (C=O) groups excluding carboxylic acids is 1. The van der Waals surface area contributed by atoms with Gasteiger partial charge in [0, 0.05) is 35.4 Å². The summed E-state index contributed by atoms with van der Waals surface area (Å²) in [6.45, 7) is 2.56. The van der Waals surface area contributed by atoms with Crippen LogP contribution in [-0.2, 0) is 18.4 Å². The van der Waals surface area contributed by atoms with Crippen LogP contribution in [0.4, 0.5) is 5.82 Å². The number of thiophene rings is 1. The highest BCUT2D eigenvalue weighted by Crippen LogP contribution is 2.41. The van der Waals surface area contributed by atoms with Crippen LogP contribution in [-0.4, -0.2) is 25.5 Å². The normalized spacial score (nSPS) is 17.0. The first-order valence-corrected chi connectivity index (χ1v) is 8.87. The molecule has 0 spiro atoms. The standard InChI is InChI=1S/C16H16ClN5OS/c1-9-14(15(17)21(2)20-9)11-6-13(23)19-16-12(11)7-18-22(16)8-10-4-3-5-24-10/h3-5,7,11H,6,8H2,1-2H3,(H,19,23). The quantitative estimate of drug-likeness (QED) is 0.779. The van der Waals surface area contributed by atoms with E-state index >= 15 is 0 Å². The Bertz CT molecular complexity index is 911. The minimum Gasteiger partial charge on any atom is -0.311 e. The van der Waals surface area contributed by atoms with Gasteiger partial charge in [0.1, 0.15) is 11.0 Å². The van der Waals surface area contributed by atoms with Crippen LogP contribution >= 0.6 is 22.9 Å². The van der Waals surface area contributed by atoms with Gasteiger partial charge in [0.05, 0.1) is 18.4 Å². The van der Waals surface area contributed by atoms with E-state index in [1.807, 2.05) is 36.3 Å². The zero-order chi connectivity index (χ0) is 16.8. The lowest BCUT2D eigenvalue weighted by Gasteiger charge is -2.23. The van der Waals surface area contributed by atoms with Gasteiger partial charge in [-0.05, 0) is 18.4 Å². The predicted molar refractivity (Wildman–Crippen MR) is 93.7 cm³/mol. The molecule has 1 amide bonds. The van der Waals surface area contributed by atoms with Crippen molar-refractivity contribution < 1.29 is 4.79 Å². The molecule has 1 N–H and O–H groups in total. The summed E-state index contributed by atoms with van der Waals surface area (Å²) in [5.41, 5.74) is 2.74. The summed E-state index contributed by atoms with van der Waals surface area (Å²) < 4.78 is 3.49. The number of hydrogen-bond donors (Lipinski definition) is 1. The van der Waals surface area contributed by atoms with Gasteiger partial charge in [0.15, 0.2) is 0 Å². The predicted octanol–water partition coefficient (Wildman–Crippen LogP) is 3.16. The third-order valence-corrected chi connectivity index (χ3v) is 5.63. The molecule has 0 aliphatic carbocycles. The number of rotatable bonds is 3. The van der Waals surface area contributed by atoms with Crippen LogP contribution in [0, 0.1) is 6.92 Å². The first-order chi connectivity index (χ1) is 11.5. The maximum atomic E-state index is 12.3. The zero-order valence-electron chi connectivity index (χ0n) is 13.3. The van der Waals surface area contributed by atoms with Crippen molar-refractivity contribution in [3.8, 4) is 0 Å². The van der Waals surface area contributed by atoms with Crippen molar-refractivity contribution in [2.75, 3.05) is 5.32 Å². The first kappa shape index (κ1) is 15.4. The number of hydrogen-bond acceptors (Lipinski definition) is 4. The molecule has 3 aromatic rings. The molecule has 0 radical (unpaired) electrons. The highest BCUT2D eigenvalue weighted by atomic mass is 35.5. The third kappa shape index (κ3) is 2.44. The number of halogens is 1. The van der Waals surface area contributed by atoms with Crippen molar-refractivity contribution >= 4 is 34.7 Å². The van der Waals surface area contributed by atoms with E-state index in [1.165, 1.54) is 4.88 Å². The van der Waals surface area contributed by atoms with Crippen LogP contribution in [0.15, 0.2) is 23.7 Å². The molecule has 1 aliphatic rings. The molecular formula is C16H16ClN5OS. The SMILES string of the molecule is Cc1nn(C)c(Cl)c1C1CC(=O)Nc2c1cnn2Cc1cccs1. The molecule has 0 bridgehead atoms. The fourth-order valence-electron chi connectivity index (χ4n) is 3.24. The molecule has 1 atom stereocenters. The Kier molecular flexibility index (Phi) is 3.69. The van der Waals surface area contributed by atoms with Crippen molar-refractivity contribution in [1.29, 1.82) is 0 Å². The van der Waals surface area contributed by atoms with Gasteiger partial charge < -0.3 is 5.32 Å². The van der Waals surface area contributed by atoms with Crippen molar-refractivity contribution in [3.05, 3.63) is 50.6 Å². The van der Waals surface area contributed by atoms with Crippen LogP contribution in [0.5, 0.6) is 0 Å². The summed E-state index contributed by atoms with van der Waals surface area (Å²) in [5.74, 6) is 0.607. The Morgan fingerprint density at radius 1 is 1.50 bits per heavy atom. The number of aromatic nitrogens is 4. The van der Waals surface area contributed by atoms with Crippen molar-refractivity contribution in [2.24, 2.45) is 7.05 Å². The van der Waals surface area contributed by atoms with E-state index in [0.717, 1.165) is 22.6 Å². The van der Waals surface area contributed by atoms with Crippen LogP contribution in [0.25, 0.3) is 0 Å². The summed E-state index contributed by atoms with van der Waals surface area (Å²) in [6, 6.07) is 4.07. The highest BCUT2D eigenvalue weighted by molar-refractivity contribution is 7.09. The maximum Gasteiger partial charge on any atom is 0.226 e. The molecule has 8 heteroatoms. The second-order valence-electron chi connectivity index (χ2n) is 5.90. The van der Waals surface area contributed by atoms with Crippen molar-refractivity contribution in [1.82, 2.24) is 19.6 Å². The number of aryl methyl sites for hydroxylation is 2. The van der Waals surface area contributed by atoms with Crippen molar-refractivity contribution in [2.45, 2.75) is 25.8 Å². The number of nitrogens with zero attached hydrogens (tertiary/aromatic N) is 4. The lowest BCUT2D eigenvalue weighted by atomic mass is 9.87. The zero-order valence-corrected chi connectivity index (χ0v) is 14.9. The Hall–Kier alpha value is -2.12. The van der Waals surface area contributed by atoms with E-state index in [2.05, 4.69) is 21.6 Å². The molecule has 0 saturated heterocycles. The topological polar surface area (TPSA) is 64.7 Å². The molecule has 6 nitrogen and oxygen atoms in total. The Morgan fingerprint density at radius 2 is 2.33 bits per heavy atom. The van der Waals surface area contributed by atoms with Gasteiger partial charge in [0.25, 0.3) is 0 Å². The van der Waals surface area contributed by atoms with Gasteiger partial charge in [-0.25, -0.2) is 4.68 Å². The molecule has 4 rings (SSSR count). The van der Waals surface area contributed by atoms with Crippen LogP contribution in [0.1, 0.15) is 34.0 Å². The molecule has 1 unspecified atom stereocenters. The molecule has 1 aliphatic heterocycles. The van der Waals surface area contributed by atoms with Crippen LogP contribution in [0.2, 0.25) is 5.15 Å². The summed E-state index contributed by atoms with van der Waals surface area (Å²) in [4.78, 5) is 13.5. The second kappa shape index (κ2) is 5.75. The average Bonchev–Trinajstić information content (AvgIpc) is 3.23. The molecule has 0 aromatic carbocycles. The second-order valence-corrected chi connectivity index (χ2v) is 7.29. The van der Waals surface area contributed by atoms with E-state index in [-0.39, 0.29) is 11.8 Å². The Balaban J connectivity index is 1.78. The van der Waals surface area contributed by atoms with E-state index < -0.39 is 0 Å². The number of anilines is 1. The maximum absolute atomic E-state index is 12.3. The summed E-state index contributed by atoms with van der Waals surface area (Å²) in [6.07, 6.45) is 2.18. The fraction of sp³-hybridized carbons (Fsp3) is 0.312. The Labute approximate surface area is 148 Å². The van der Waals surface area contributed by atoms with E-state index in [0.29, 0.717) is 18.1 Å². The van der Waals surface area contributed by atoms with Gasteiger partial charge in [-0.15, -0.1) is 11.3 Å². The van der Waals surface area contributed by atoms with Crippen LogP contribution < -0.4 is 5.32 Å². The van der Waals surface area contributed by atoms with E-state index in [4.69, 9.17) is 11.6 Å². The lowest BCUT2D eigenvalue weighted by molar-refractivity contribution is -0.116. The summed E-state index contributed by atoms with van der Waals surface area (Å²) in [7, 11) is 1.81. The lowest BCUT2D eigenvalue weighted by Crippen LogP contribution is -2.25. The van der Waals surface area contributed by atoms with Gasteiger partial charge in [-0.1, -0.05) is 17.7 Å². The molecule has 124 valence electrons. The van der Waals surface area contributed by atoms with Crippen LogP contribution in [0.3, 0.4) is 0 Å². The molecule has 3 aromatic heterocycles. The van der Waals surface area contributed by atoms with Gasteiger partial charge in [-0.2, -0.15) is 10.2 Å². The number of amides is 1. The molecule has 24 heavy (non-hydrogen) atoms. The Morgan fingerprint density at radius 3 is 3.00 bits per heavy atom. The van der Waals surface area contributed by atoms with Crippen molar-refractivity contribution in [3.63, 3.8) is 0 Å². The van der Waals surface area contributed by atoms with Gasteiger partial charge >= 0.3 is 0 Å². The average molecular weight is 362 g/mol. The molecule has 4 heterocycles. The largest absolute Gasteiger partial charge is 0.311 e. The third-order valence-electron chi connectivity index (χ3n) is 4.32. The van der Waals surface area contributed by atoms with Gasteiger partial charge in [0.2, 0.25) is 5.91 Å².